The largest absolute Gasteiger partial charge is 0.309 e. The van der Waals surface area contributed by atoms with E-state index >= 15 is 0 Å². The van der Waals surface area contributed by atoms with Gasteiger partial charge in [-0.1, -0.05) is 36.4 Å². The summed E-state index contributed by atoms with van der Waals surface area (Å²) in [6.45, 7) is 2.20. The number of anilines is 1. The molecule has 92 valence electrons. The maximum Gasteiger partial charge on any atom is 0.241 e. The number of likely N-dealkylation sites (N-methyl/N-ethyl adjacent to an activating group) is 1. The van der Waals surface area contributed by atoms with Crippen LogP contribution in [0.4, 0.5) is 5.69 Å². The van der Waals surface area contributed by atoms with E-state index in [1.807, 2.05) is 36.2 Å². The third kappa shape index (κ3) is 1.87. The highest BCUT2D eigenvalue weighted by Crippen LogP contribution is 2.27. The Balaban J connectivity index is 2.06. The first-order chi connectivity index (χ1) is 8.75. The quantitative estimate of drug-likeness (QED) is 0.762. The summed E-state index contributed by atoms with van der Waals surface area (Å²) < 4.78 is 0. The highest BCUT2D eigenvalue weighted by Gasteiger charge is 2.23. The molecule has 3 rings (SSSR count). The predicted octanol–water partition coefficient (Wildman–Crippen LogP) is 2.12. The predicted molar refractivity (Wildman–Crippen MR) is 73.8 cm³/mol. The summed E-state index contributed by atoms with van der Waals surface area (Å²) in [5, 5.41) is 2.33. The molecule has 0 saturated carbocycles. The highest BCUT2D eigenvalue weighted by atomic mass is 16.2. The number of carbonyl (C=O) groups is 1. The van der Waals surface area contributed by atoms with Crippen LogP contribution in [0.25, 0.3) is 10.8 Å². The van der Waals surface area contributed by atoms with Gasteiger partial charge in [-0.05, 0) is 18.5 Å². The van der Waals surface area contributed by atoms with Crippen molar-refractivity contribution in [3.8, 4) is 0 Å². The lowest BCUT2D eigenvalue weighted by molar-refractivity contribution is -0.120. The van der Waals surface area contributed by atoms with E-state index in [9.17, 15) is 4.79 Å². The third-order valence-corrected chi connectivity index (χ3v) is 3.47. The molecule has 0 N–H and O–H groups in total. The fourth-order valence-electron chi connectivity index (χ4n) is 2.49. The van der Waals surface area contributed by atoms with E-state index in [2.05, 4.69) is 23.1 Å². The Bertz CT molecular complexity index is 589. The molecule has 1 amide bonds. The van der Waals surface area contributed by atoms with Crippen LogP contribution in [0.1, 0.15) is 0 Å². The van der Waals surface area contributed by atoms with Crippen LogP contribution in [0.15, 0.2) is 42.5 Å². The minimum atomic E-state index is 0.181. The fourth-order valence-corrected chi connectivity index (χ4v) is 2.49. The zero-order valence-corrected chi connectivity index (χ0v) is 10.5. The summed E-state index contributed by atoms with van der Waals surface area (Å²) >= 11 is 0. The Morgan fingerprint density at radius 2 is 1.78 bits per heavy atom. The summed E-state index contributed by atoms with van der Waals surface area (Å²) in [5.41, 5.74) is 1.03. The molecule has 0 spiro atoms. The van der Waals surface area contributed by atoms with Crippen LogP contribution in [0.2, 0.25) is 0 Å². The molecular formula is C15H16N2O. The van der Waals surface area contributed by atoms with Gasteiger partial charge in [0.05, 0.1) is 12.2 Å². The lowest BCUT2D eigenvalue weighted by Gasteiger charge is -2.32. The van der Waals surface area contributed by atoms with E-state index in [1.165, 1.54) is 5.39 Å². The molecule has 3 nitrogen and oxygen atoms in total. The maximum atomic E-state index is 12.1. The molecule has 1 fully saturated rings. The first kappa shape index (κ1) is 11.2. The minimum absolute atomic E-state index is 0.181. The van der Waals surface area contributed by atoms with Gasteiger partial charge >= 0.3 is 0 Å². The van der Waals surface area contributed by atoms with Crippen molar-refractivity contribution >= 4 is 22.4 Å². The van der Waals surface area contributed by atoms with Crippen molar-refractivity contribution < 1.29 is 4.79 Å². The number of carbonyl (C=O) groups excluding carboxylic acids is 1. The number of fused-ring (bicyclic) bond motifs is 1. The average molecular weight is 240 g/mol. The van der Waals surface area contributed by atoms with Crippen LogP contribution >= 0.6 is 0 Å². The van der Waals surface area contributed by atoms with Crippen LogP contribution in [0.3, 0.4) is 0 Å². The van der Waals surface area contributed by atoms with Crippen LogP contribution < -0.4 is 4.90 Å². The molecule has 2 aromatic carbocycles. The minimum Gasteiger partial charge on any atom is -0.309 e. The van der Waals surface area contributed by atoms with Crippen molar-refractivity contribution in [2.75, 3.05) is 31.6 Å². The standard InChI is InChI=1S/C15H16N2O/c1-16-9-10-17(15(18)11-16)14-8-4-6-12-5-2-3-7-13(12)14/h2-8H,9-11H2,1H3. The zero-order valence-electron chi connectivity index (χ0n) is 10.5. The Morgan fingerprint density at radius 1 is 1.00 bits per heavy atom. The van der Waals surface area contributed by atoms with Crippen LogP contribution in [0.5, 0.6) is 0 Å². The number of hydrogen-bond donors (Lipinski definition) is 0. The molecule has 0 radical (unpaired) electrons. The molecule has 2 aromatic rings. The molecule has 3 heteroatoms. The van der Waals surface area contributed by atoms with Crippen LogP contribution in [-0.2, 0) is 4.79 Å². The van der Waals surface area contributed by atoms with Gasteiger partial charge in [-0.25, -0.2) is 0 Å². The Hall–Kier alpha value is -1.87. The number of benzene rings is 2. The first-order valence-corrected chi connectivity index (χ1v) is 6.22. The van der Waals surface area contributed by atoms with E-state index < -0.39 is 0 Å². The smallest absolute Gasteiger partial charge is 0.241 e. The molecule has 18 heavy (non-hydrogen) atoms. The summed E-state index contributed by atoms with van der Waals surface area (Å²) in [4.78, 5) is 16.1. The number of nitrogens with zero attached hydrogens (tertiary/aromatic N) is 2. The molecule has 1 aliphatic heterocycles. The average Bonchev–Trinajstić information content (AvgIpc) is 2.38. The summed E-state index contributed by atoms with van der Waals surface area (Å²) in [6, 6.07) is 14.3. The van der Waals surface area contributed by atoms with Gasteiger partial charge in [-0.15, -0.1) is 0 Å². The number of hydrogen-bond acceptors (Lipinski definition) is 2. The fraction of sp³-hybridized carbons (Fsp3) is 0.267. The van der Waals surface area contributed by atoms with E-state index in [0.717, 1.165) is 24.2 Å². The second-order valence-electron chi connectivity index (χ2n) is 4.78. The molecule has 1 aliphatic rings. The van der Waals surface area contributed by atoms with Gasteiger partial charge in [0.15, 0.2) is 0 Å². The van der Waals surface area contributed by atoms with Crippen LogP contribution in [-0.4, -0.2) is 37.5 Å². The van der Waals surface area contributed by atoms with E-state index in [1.54, 1.807) is 0 Å². The zero-order chi connectivity index (χ0) is 12.5. The maximum absolute atomic E-state index is 12.1. The summed E-state index contributed by atoms with van der Waals surface area (Å²) in [6.07, 6.45) is 0. The van der Waals surface area contributed by atoms with E-state index in [0.29, 0.717) is 6.54 Å². The van der Waals surface area contributed by atoms with Crippen molar-refractivity contribution in [2.24, 2.45) is 0 Å². The summed E-state index contributed by atoms with van der Waals surface area (Å²) in [5.74, 6) is 0.181. The SMILES string of the molecule is CN1CCN(c2cccc3ccccc23)C(=O)C1. The molecule has 0 bridgehead atoms. The van der Waals surface area contributed by atoms with Gasteiger partial charge in [0.2, 0.25) is 5.91 Å². The van der Waals surface area contributed by atoms with Gasteiger partial charge in [-0.2, -0.15) is 0 Å². The van der Waals surface area contributed by atoms with E-state index in [4.69, 9.17) is 0 Å². The lowest BCUT2D eigenvalue weighted by Crippen LogP contribution is -2.48. The molecule has 0 aromatic heterocycles. The Morgan fingerprint density at radius 3 is 2.61 bits per heavy atom. The Labute approximate surface area is 107 Å². The van der Waals surface area contributed by atoms with Crippen molar-refractivity contribution in [1.29, 1.82) is 0 Å². The second-order valence-corrected chi connectivity index (χ2v) is 4.78. The van der Waals surface area contributed by atoms with Crippen molar-refractivity contribution in [1.82, 2.24) is 4.90 Å². The first-order valence-electron chi connectivity index (χ1n) is 6.22. The molecule has 1 heterocycles. The Kier molecular flexibility index (Phi) is 2.76. The number of amides is 1. The second kappa shape index (κ2) is 4.42. The topological polar surface area (TPSA) is 23.6 Å². The third-order valence-electron chi connectivity index (χ3n) is 3.47. The van der Waals surface area contributed by atoms with E-state index in [-0.39, 0.29) is 5.91 Å². The normalized spacial score (nSPS) is 17.4. The summed E-state index contributed by atoms with van der Waals surface area (Å²) in [7, 11) is 1.98. The molecule has 0 unspecified atom stereocenters. The van der Waals surface area contributed by atoms with Crippen LogP contribution in [0, 0.1) is 0 Å². The number of piperazine rings is 1. The molecule has 0 aliphatic carbocycles. The highest BCUT2D eigenvalue weighted by molar-refractivity contribution is 6.04. The van der Waals surface area contributed by atoms with Crippen molar-refractivity contribution in [3.05, 3.63) is 42.5 Å². The van der Waals surface area contributed by atoms with Crippen molar-refractivity contribution in [2.45, 2.75) is 0 Å². The van der Waals surface area contributed by atoms with Gasteiger partial charge in [0, 0.05) is 18.5 Å². The monoisotopic (exact) mass is 240 g/mol. The molecular weight excluding hydrogens is 224 g/mol. The van der Waals surface area contributed by atoms with Gasteiger partial charge < -0.3 is 4.90 Å². The van der Waals surface area contributed by atoms with Crippen molar-refractivity contribution in [3.63, 3.8) is 0 Å². The van der Waals surface area contributed by atoms with Gasteiger partial charge in [-0.3, -0.25) is 9.69 Å². The number of rotatable bonds is 1. The molecule has 1 saturated heterocycles. The molecule has 0 atom stereocenters. The lowest BCUT2D eigenvalue weighted by atomic mass is 10.1. The van der Waals surface area contributed by atoms with Gasteiger partial charge in [0.1, 0.15) is 0 Å². The van der Waals surface area contributed by atoms with Gasteiger partial charge in [0.25, 0.3) is 0 Å².